The number of allylic oxidation sites excluding steroid dienone is 1. The van der Waals surface area contributed by atoms with Gasteiger partial charge in [-0.25, -0.2) is 4.98 Å². The van der Waals surface area contributed by atoms with Crippen molar-refractivity contribution >= 4 is 23.3 Å². The van der Waals surface area contributed by atoms with Gasteiger partial charge in [0.1, 0.15) is 18.3 Å². The van der Waals surface area contributed by atoms with Gasteiger partial charge in [0.05, 0.1) is 12.0 Å². The number of methoxy groups -OCH3 is 1. The lowest BCUT2D eigenvalue weighted by Crippen LogP contribution is -1.95. The van der Waals surface area contributed by atoms with Crippen molar-refractivity contribution in [1.29, 1.82) is 0 Å². The second kappa shape index (κ2) is 7.05. The van der Waals surface area contributed by atoms with Gasteiger partial charge in [0, 0.05) is 17.0 Å². The molecule has 0 saturated heterocycles. The quantitative estimate of drug-likeness (QED) is 0.402. The number of carbonyl (C=O) groups is 1. The van der Waals surface area contributed by atoms with Crippen LogP contribution in [-0.4, -0.2) is 33.2 Å². The van der Waals surface area contributed by atoms with Crippen LogP contribution in [-0.2, 0) is 0 Å². The molecule has 0 unspecified atom stereocenters. The van der Waals surface area contributed by atoms with Crippen LogP contribution in [0.3, 0.4) is 0 Å². The summed E-state index contributed by atoms with van der Waals surface area (Å²) >= 11 is 1.43. The molecule has 8 heteroatoms. The zero-order valence-corrected chi connectivity index (χ0v) is 13.4. The monoisotopic (exact) mass is 343 g/mol. The lowest BCUT2D eigenvalue weighted by Gasteiger charge is -2.01. The van der Waals surface area contributed by atoms with E-state index >= 15 is 0 Å². The number of aliphatic hydroxyl groups is 1. The van der Waals surface area contributed by atoms with E-state index < -0.39 is 5.78 Å². The van der Waals surface area contributed by atoms with Gasteiger partial charge in [-0.05, 0) is 18.2 Å². The van der Waals surface area contributed by atoms with Crippen molar-refractivity contribution in [2.75, 3.05) is 7.11 Å². The van der Waals surface area contributed by atoms with Crippen LogP contribution in [0.5, 0.6) is 5.75 Å². The van der Waals surface area contributed by atoms with Crippen molar-refractivity contribution in [3.05, 3.63) is 60.6 Å². The number of hydrogen-bond donors (Lipinski definition) is 2. The first kappa shape index (κ1) is 15.9. The molecule has 122 valence electrons. The summed E-state index contributed by atoms with van der Waals surface area (Å²) in [6, 6.07) is 9.15. The van der Waals surface area contributed by atoms with E-state index in [-0.39, 0.29) is 17.3 Å². The van der Waals surface area contributed by atoms with Crippen LogP contribution in [0.15, 0.2) is 63.2 Å². The Morgan fingerprint density at radius 3 is 3.00 bits per heavy atom. The topological polar surface area (TPSA) is 101 Å². The minimum atomic E-state index is -0.471. The van der Waals surface area contributed by atoms with Crippen molar-refractivity contribution in [2.45, 2.75) is 9.79 Å². The molecule has 0 spiro atoms. The second-order valence-electron chi connectivity index (χ2n) is 4.66. The van der Waals surface area contributed by atoms with Gasteiger partial charge >= 0.3 is 0 Å². The molecule has 24 heavy (non-hydrogen) atoms. The predicted molar refractivity (Wildman–Crippen MR) is 87.1 cm³/mol. The lowest BCUT2D eigenvalue weighted by molar-refractivity contribution is 0.102. The molecule has 0 bridgehead atoms. The lowest BCUT2D eigenvalue weighted by atomic mass is 10.2. The fourth-order valence-corrected chi connectivity index (χ4v) is 2.75. The summed E-state index contributed by atoms with van der Waals surface area (Å²) < 4.78 is 10.4. The molecule has 7 nitrogen and oxygen atoms in total. The fourth-order valence-electron chi connectivity index (χ4n) is 1.89. The van der Waals surface area contributed by atoms with E-state index in [4.69, 9.17) is 9.15 Å². The molecule has 2 heterocycles. The van der Waals surface area contributed by atoms with Crippen LogP contribution in [0.2, 0.25) is 0 Å². The molecule has 0 radical (unpaired) electrons. The smallest absolute Gasteiger partial charge is 0.224 e. The van der Waals surface area contributed by atoms with Crippen LogP contribution < -0.4 is 4.74 Å². The number of carbonyl (C=O) groups excluding carboxylic acids is 1. The van der Waals surface area contributed by atoms with Crippen molar-refractivity contribution in [3.63, 3.8) is 0 Å². The van der Waals surface area contributed by atoms with Crippen molar-refractivity contribution in [2.24, 2.45) is 0 Å². The number of benzene rings is 1. The molecule has 1 aromatic carbocycles. The number of nitrogens with zero attached hydrogens (tertiary/aromatic N) is 2. The van der Waals surface area contributed by atoms with Crippen LogP contribution in [0.1, 0.15) is 16.4 Å². The summed E-state index contributed by atoms with van der Waals surface area (Å²) in [5, 5.41) is 15.9. The van der Waals surface area contributed by atoms with Gasteiger partial charge < -0.3 is 14.3 Å². The maximum atomic E-state index is 12.1. The first-order valence-electron chi connectivity index (χ1n) is 6.87. The Morgan fingerprint density at radius 2 is 2.25 bits per heavy atom. The summed E-state index contributed by atoms with van der Waals surface area (Å²) in [5.74, 6) is 0.198. The number of ketones is 1. The third-order valence-corrected chi connectivity index (χ3v) is 3.96. The number of furan rings is 1. The maximum Gasteiger partial charge on any atom is 0.224 e. The minimum Gasteiger partial charge on any atom is -0.504 e. The number of H-pyrrole nitrogens is 1. The zero-order chi connectivity index (χ0) is 16.9. The number of rotatable bonds is 6. The number of aromatic amines is 1. The number of nitrogens with one attached hydrogen (secondary N) is 1. The molecule has 2 N–H and O–H groups in total. The Labute approximate surface area is 141 Å². The van der Waals surface area contributed by atoms with Crippen LogP contribution >= 0.6 is 11.8 Å². The van der Waals surface area contributed by atoms with Gasteiger partial charge in [0.2, 0.25) is 5.78 Å². The molecular formula is C16H13N3O4S. The summed E-state index contributed by atoms with van der Waals surface area (Å²) in [4.78, 5) is 17.6. The Balaban J connectivity index is 1.73. The van der Waals surface area contributed by atoms with E-state index in [1.807, 2.05) is 24.3 Å². The largest absolute Gasteiger partial charge is 0.504 e. The van der Waals surface area contributed by atoms with Crippen LogP contribution in [0.4, 0.5) is 0 Å². The van der Waals surface area contributed by atoms with Gasteiger partial charge in [-0.3, -0.25) is 9.89 Å². The molecule has 3 rings (SSSR count). The SMILES string of the molecule is COc1cccc(Sc2coc(C(=O)C=C(O)c3ncn[nH]3)c2)c1. The highest BCUT2D eigenvalue weighted by molar-refractivity contribution is 7.99. The molecule has 3 aromatic rings. The third-order valence-electron chi connectivity index (χ3n) is 3.02. The third kappa shape index (κ3) is 3.66. The van der Waals surface area contributed by atoms with Crippen molar-refractivity contribution in [3.8, 4) is 5.75 Å². The zero-order valence-electron chi connectivity index (χ0n) is 12.6. The van der Waals surface area contributed by atoms with E-state index in [9.17, 15) is 9.90 Å². The van der Waals surface area contributed by atoms with Gasteiger partial charge in [-0.15, -0.1) is 0 Å². The van der Waals surface area contributed by atoms with Crippen molar-refractivity contribution < 1.29 is 19.1 Å². The molecule has 0 amide bonds. The average Bonchev–Trinajstić information content (AvgIpc) is 3.26. The standard InChI is InChI=1S/C16H13N3O4S/c1-22-10-3-2-4-11(5-10)24-12-6-15(23-8-12)13(20)7-14(21)16-17-9-18-19-16/h2-9,21H,1H3,(H,17,18,19). The molecule has 0 aliphatic rings. The van der Waals surface area contributed by atoms with Crippen LogP contribution in [0.25, 0.3) is 5.76 Å². The number of ether oxygens (including phenoxy) is 1. The van der Waals surface area contributed by atoms with Gasteiger partial charge in [0.15, 0.2) is 17.3 Å². The highest BCUT2D eigenvalue weighted by atomic mass is 32.2. The molecule has 0 saturated carbocycles. The van der Waals surface area contributed by atoms with E-state index in [0.29, 0.717) is 0 Å². The molecule has 2 aromatic heterocycles. The average molecular weight is 343 g/mol. The molecule has 0 atom stereocenters. The van der Waals surface area contributed by atoms with Crippen molar-refractivity contribution in [1.82, 2.24) is 15.2 Å². The normalized spacial score (nSPS) is 11.5. The molecule has 0 fully saturated rings. The first-order chi connectivity index (χ1) is 11.7. The van der Waals surface area contributed by atoms with E-state index in [1.165, 1.54) is 24.4 Å². The van der Waals surface area contributed by atoms with Crippen LogP contribution in [0, 0.1) is 0 Å². The highest BCUT2D eigenvalue weighted by Gasteiger charge is 2.13. The summed E-state index contributed by atoms with van der Waals surface area (Å²) in [6.45, 7) is 0. The highest BCUT2D eigenvalue weighted by Crippen LogP contribution is 2.31. The number of aliphatic hydroxyl groups excluding tert-OH is 1. The molecule has 0 aliphatic heterocycles. The molecule has 0 aliphatic carbocycles. The predicted octanol–water partition coefficient (Wildman–Crippen LogP) is 3.34. The summed E-state index contributed by atoms with van der Waals surface area (Å²) in [6.07, 6.45) is 3.75. The van der Waals surface area contributed by atoms with Gasteiger partial charge in [0.25, 0.3) is 0 Å². The van der Waals surface area contributed by atoms with Gasteiger partial charge in [-0.1, -0.05) is 17.8 Å². The Morgan fingerprint density at radius 1 is 1.38 bits per heavy atom. The van der Waals surface area contributed by atoms with Gasteiger partial charge in [-0.2, -0.15) is 5.10 Å². The summed E-state index contributed by atoms with van der Waals surface area (Å²) in [7, 11) is 1.60. The Bertz CT molecular complexity index is 871. The summed E-state index contributed by atoms with van der Waals surface area (Å²) in [5.41, 5.74) is 0. The second-order valence-corrected chi connectivity index (χ2v) is 5.80. The van der Waals surface area contributed by atoms with E-state index in [0.717, 1.165) is 21.6 Å². The maximum absolute atomic E-state index is 12.1. The van der Waals surface area contributed by atoms with E-state index in [2.05, 4.69) is 15.2 Å². The Hall–Kier alpha value is -3.00. The Kier molecular flexibility index (Phi) is 4.66. The first-order valence-corrected chi connectivity index (χ1v) is 7.68. The van der Waals surface area contributed by atoms with E-state index in [1.54, 1.807) is 13.2 Å². The molecular weight excluding hydrogens is 330 g/mol. The minimum absolute atomic E-state index is 0.112. The number of aromatic nitrogens is 3. The number of hydrogen-bond acceptors (Lipinski definition) is 7. The fraction of sp³-hybridized carbons (Fsp3) is 0.0625.